The number of nitrogens with one attached hydrogen (secondary N) is 3. The van der Waals surface area contributed by atoms with E-state index >= 15 is 0 Å². The van der Waals surface area contributed by atoms with Gasteiger partial charge in [-0.2, -0.15) is 0 Å². The van der Waals surface area contributed by atoms with Gasteiger partial charge in [-0.1, -0.05) is 32.6 Å². The van der Waals surface area contributed by atoms with Crippen LogP contribution in [0.15, 0.2) is 4.99 Å². The summed E-state index contributed by atoms with van der Waals surface area (Å²) in [5.41, 5.74) is -0.574. The molecule has 0 amide bonds. The van der Waals surface area contributed by atoms with Gasteiger partial charge in [-0.05, 0) is 27.2 Å². The summed E-state index contributed by atoms with van der Waals surface area (Å²) in [5, 5.41) is 6.52. The fourth-order valence-corrected chi connectivity index (χ4v) is 3.30. The Bertz CT molecular complexity index is 439. The molecule has 0 spiro atoms. The number of sulfonamides is 1. The second kappa shape index (κ2) is 12.3. The summed E-state index contributed by atoms with van der Waals surface area (Å²) in [6.45, 7) is 8.48. The molecule has 0 bridgehead atoms. The maximum Gasteiger partial charge on any atom is 0.209 e. The fraction of sp³-hybridized carbons (Fsp3) is 0.933. The minimum atomic E-state index is -3.23. The van der Waals surface area contributed by atoms with Crippen LogP contribution < -0.4 is 15.4 Å². The Hall–Kier alpha value is -0.0900. The Balaban J connectivity index is 0. The van der Waals surface area contributed by atoms with Crippen LogP contribution in [0.4, 0.5) is 0 Å². The van der Waals surface area contributed by atoms with Gasteiger partial charge < -0.3 is 10.6 Å². The highest BCUT2D eigenvalue weighted by molar-refractivity contribution is 14.0. The van der Waals surface area contributed by atoms with Crippen molar-refractivity contribution in [3.63, 3.8) is 0 Å². The van der Waals surface area contributed by atoms with E-state index in [-0.39, 0.29) is 24.0 Å². The van der Waals surface area contributed by atoms with E-state index in [4.69, 9.17) is 0 Å². The number of hydrogen-bond donors (Lipinski definition) is 3. The summed E-state index contributed by atoms with van der Waals surface area (Å²) in [4.78, 5) is 4.19. The van der Waals surface area contributed by atoms with Crippen molar-refractivity contribution in [2.24, 2.45) is 4.99 Å². The number of hydrogen-bond acceptors (Lipinski definition) is 3. The largest absolute Gasteiger partial charge is 0.355 e. The summed E-state index contributed by atoms with van der Waals surface area (Å²) in [6, 6.07) is 0.342. The molecule has 1 atom stereocenters. The van der Waals surface area contributed by atoms with Gasteiger partial charge in [0.15, 0.2) is 5.96 Å². The molecular formula is C15H35IN4O2S. The van der Waals surface area contributed by atoms with E-state index in [1.807, 2.05) is 13.8 Å². The number of nitrogens with zero attached hydrogens (tertiary/aromatic N) is 1. The molecule has 0 aromatic rings. The topological polar surface area (TPSA) is 82.6 Å². The second-order valence-electron chi connectivity index (χ2n) is 6.58. The summed E-state index contributed by atoms with van der Waals surface area (Å²) >= 11 is 0. The van der Waals surface area contributed by atoms with Gasteiger partial charge in [0.05, 0.1) is 6.26 Å². The highest BCUT2D eigenvalue weighted by Gasteiger charge is 2.22. The van der Waals surface area contributed by atoms with Gasteiger partial charge in [-0.3, -0.25) is 4.99 Å². The molecule has 8 heteroatoms. The summed E-state index contributed by atoms with van der Waals surface area (Å²) in [6.07, 6.45) is 7.27. The van der Waals surface area contributed by atoms with E-state index in [1.165, 1.54) is 31.9 Å². The molecule has 0 aromatic heterocycles. The monoisotopic (exact) mass is 462 g/mol. The van der Waals surface area contributed by atoms with Crippen molar-refractivity contribution in [2.75, 3.05) is 19.8 Å². The molecule has 0 aliphatic heterocycles. The van der Waals surface area contributed by atoms with Crippen LogP contribution in [0.2, 0.25) is 0 Å². The Labute approximate surface area is 159 Å². The molecule has 0 heterocycles. The third-order valence-corrected chi connectivity index (χ3v) is 4.18. The van der Waals surface area contributed by atoms with Gasteiger partial charge in [-0.15, -0.1) is 24.0 Å². The van der Waals surface area contributed by atoms with Crippen LogP contribution in [-0.4, -0.2) is 45.8 Å². The minimum absolute atomic E-state index is 0. The van der Waals surface area contributed by atoms with Gasteiger partial charge in [0.1, 0.15) is 0 Å². The normalized spacial score (nSPS) is 14.1. The van der Waals surface area contributed by atoms with Crippen molar-refractivity contribution in [2.45, 2.75) is 71.4 Å². The lowest BCUT2D eigenvalue weighted by molar-refractivity contribution is 0.443. The molecule has 0 fully saturated rings. The van der Waals surface area contributed by atoms with Crippen LogP contribution in [0.25, 0.3) is 0 Å². The summed E-state index contributed by atoms with van der Waals surface area (Å²) in [7, 11) is -1.51. The molecule has 0 saturated heterocycles. The van der Waals surface area contributed by atoms with Crippen LogP contribution in [0.3, 0.4) is 0 Å². The lowest BCUT2D eigenvalue weighted by atomic mass is 10.1. The molecule has 0 aliphatic carbocycles. The van der Waals surface area contributed by atoms with Crippen molar-refractivity contribution in [3.8, 4) is 0 Å². The van der Waals surface area contributed by atoms with E-state index in [9.17, 15) is 8.42 Å². The summed E-state index contributed by atoms with van der Waals surface area (Å²) < 4.78 is 25.3. The molecule has 0 saturated carbocycles. The molecule has 0 rings (SSSR count). The number of guanidine groups is 1. The van der Waals surface area contributed by atoms with Crippen molar-refractivity contribution in [1.82, 2.24) is 15.4 Å². The zero-order chi connectivity index (χ0) is 17.2. The molecule has 0 aliphatic rings. The van der Waals surface area contributed by atoms with Gasteiger partial charge in [0.25, 0.3) is 0 Å². The van der Waals surface area contributed by atoms with Crippen LogP contribution >= 0.6 is 24.0 Å². The number of rotatable bonds is 10. The molecule has 0 aromatic carbocycles. The van der Waals surface area contributed by atoms with E-state index in [1.54, 1.807) is 7.05 Å². The van der Waals surface area contributed by atoms with Crippen LogP contribution in [0.1, 0.15) is 59.8 Å². The summed E-state index contributed by atoms with van der Waals surface area (Å²) in [5.74, 6) is 0.700. The zero-order valence-corrected chi connectivity index (χ0v) is 18.5. The highest BCUT2D eigenvalue weighted by atomic mass is 127. The smallest absolute Gasteiger partial charge is 0.209 e. The lowest BCUT2D eigenvalue weighted by Crippen LogP contribution is -2.53. The first-order chi connectivity index (χ1) is 10.1. The van der Waals surface area contributed by atoms with Gasteiger partial charge >= 0.3 is 0 Å². The molecule has 1 unspecified atom stereocenters. The van der Waals surface area contributed by atoms with Gasteiger partial charge in [-0.25, -0.2) is 13.1 Å². The van der Waals surface area contributed by atoms with Crippen molar-refractivity contribution >= 4 is 40.0 Å². The SMILES string of the molecule is CCCCCCC(C)NC(=NC)NCC(C)(C)NS(C)(=O)=O.I. The number of unbranched alkanes of at least 4 members (excludes halogenated alkanes) is 3. The predicted octanol–water partition coefficient (Wildman–Crippen LogP) is 2.46. The Morgan fingerprint density at radius 1 is 1.22 bits per heavy atom. The molecule has 6 nitrogen and oxygen atoms in total. The first-order valence-electron chi connectivity index (χ1n) is 8.06. The average molecular weight is 462 g/mol. The number of halogens is 1. The van der Waals surface area contributed by atoms with Crippen LogP contribution in [0.5, 0.6) is 0 Å². The third-order valence-electron chi connectivity index (χ3n) is 3.26. The molecular weight excluding hydrogens is 427 g/mol. The Morgan fingerprint density at radius 2 is 1.83 bits per heavy atom. The Kier molecular flexibility index (Phi) is 13.4. The maximum absolute atomic E-state index is 11.3. The van der Waals surface area contributed by atoms with Crippen LogP contribution in [0, 0.1) is 0 Å². The number of aliphatic imine (C=N–C) groups is 1. The molecule has 0 radical (unpaired) electrons. The van der Waals surface area contributed by atoms with Crippen molar-refractivity contribution in [3.05, 3.63) is 0 Å². The second-order valence-corrected chi connectivity index (χ2v) is 8.33. The fourth-order valence-electron chi connectivity index (χ4n) is 2.22. The van der Waals surface area contributed by atoms with Gasteiger partial charge in [0.2, 0.25) is 10.0 Å². The van der Waals surface area contributed by atoms with Crippen molar-refractivity contribution in [1.29, 1.82) is 0 Å². The standard InChI is InChI=1S/C15H34N4O2S.HI/c1-7-8-9-10-11-13(2)18-14(16-5)17-12-15(3,4)19-22(6,20)21;/h13,19H,7-12H2,1-6H3,(H2,16,17,18);1H. The molecule has 140 valence electrons. The van der Waals surface area contributed by atoms with E-state index in [2.05, 4.69) is 34.2 Å². The van der Waals surface area contributed by atoms with Gasteiger partial charge in [0, 0.05) is 25.2 Å². The Morgan fingerprint density at radius 3 is 2.30 bits per heavy atom. The predicted molar refractivity (Wildman–Crippen MR) is 110 cm³/mol. The highest BCUT2D eigenvalue weighted by Crippen LogP contribution is 2.05. The molecule has 23 heavy (non-hydrogen) atoms. The maximum atomic E-state index is 11.3. The third kappa shape index (κ3) is 15.2. The zero-order valence-electron chi connectivity index (χ0n) is 15.4. The average Bonchev–Trinajstić information content (AvgIpc) is 2.37. The molecule has 3 N–H and O–H groups in total. The first-order valence-corrected chi connectivity index (χ1v) is 9.95. The van der Waals surface area contributed by atoms with Crippen LogP contribution in [-0.2, 0) is 10.0 Å². The lowest BCUT2D eigenvalue weighted by Gasteiger charge is -2.27. The quantitative estimate of drug-likeness (QED) is 0.202. The van der Waals surface area contributed by atoms with E-state index in [0.717, 1.165) is 6.42 Å². The van der Waals surface area contributed by atoms with Crippen molar-refractivity contribution < 1.29 is 8.42 Å². The van der Waals surface area contributed by atoms with E-state index < -0.39 is 15.6 Å². The van der Waals surface area contributed by atoms with E-state index in [0.29, 0.717) is 18.5 Å². The first kappa shape index (κ1) is 25.2. The minimum Gasteiger partial charge on any atom is -0.355 e.